The van der Waals surface area contributed by atoms with Crippen LogP contribution in [-0.2, 0) is 4.79 Å². The molecule has 0 aromatic rings. The number of rotatable bonds is 8. The Morgan fingerprint density at radius 2 is 1.67 bits per heavy atom. The zero-order valence-corrected chi connectivity index (χ0v) is 13.5. The van der Waals surface area contributed by atoms with E-state index in [2.05, 4.69) is 18.7 Å². The quantitative estimate of drug-likeness (QED) is 0.689. The van der Waals surface area contributed by atoms with Crippen LogP contribution >= 0.6 is 24.0 Å². The van der Waals surface area contributed by atoms with Crippen molar-refractivity contribution in [1.82, 2.24) is 4.90 Å². The molecule has 3 nitrogen and oxygen atoms in total. The predicted molar refractivity (Wildman–Crippen MR) is 83.3 cm³/mol. The van der Waals surface area contributed by atoms with Crippen molar-refractivity contribution in [2.75, 3.05) is 13.1 Å². The molecule has 1 N–H and O–H groups in total. The fraction of sp³-hybridized carbons (Fsp3) is 0.846. The molecule has 0 atom stereocenters. The Labute approximate surface area is 120 Å². The normalized spacial score (nSPS) is 11.3. The fourth-order valence-electron chi connectivity index (χ4n) is 1.32. The molecule has 0 aliphatic heterocycles. The number of carboxylic acids is 1. The summed E-state index contributed by atoms with van der Waals surface area (Å²) >= 11 is 6.67. The maximum atomic E-state index is 11.1. The van der Waals surface area contributed by atoms with E-state index in [4.69, 9.17) is 17.3 Å². The first-order valence-corrected chi connectivity index (χ1v) is 7.79. The van der Waals surface area contributed by atoms with Crippen molar-refractivity contribution in [3.63, 3.8) is 0 Å². The SMILES string of the molecule is CCCCN(CCCC)C(=S)SC(C)(C)C(=O)O. The van der Waals surface area contributed by atoms with Crippen LogP contribution in [0.15, 0.2) is 0 Å². The predicted octanol–water partition coefficient (Wildman–Crippen LogP) is 3.77. The minimum Gasteiger partial charge on any atom is -0.480 e. The van der Waals surface area contributed by atoms with Crippen LogP contribution in [0, 0.1) is 0 Å². The lowest BCUT2D eigenvalue weighted by Crippen LogP contribution is -2.36. The molecule has 0 saturated heterocycles. The van der Waals surface area contributed by atoms with E-state index in [1.54, 1.807) is 13.8 Å². The van der Waals surface area contributed by atoms with Gasteiger partial charge < -0.3 is 10.0 Å². The van der Waals surface area contributed by atoms with Crippen LogP contribution < -0.4 is 0 Å². The minimum atomic E-state index is -0.853. The standard InChI is InChI=1S/C13H25NO2S2/c1-5-7-9-14(10-8-6-2)12(17)18-13(3,4)11(15)16/h5-10H2,1-4H3,(H,15,16). The van der Waals surface area contributed by atoms with Crippen LogP contribution in [0.2, 0.25) is 0 Å². The number of carbonyl (C=O) groups is 1. The van der Waals surface area contributed by atoms with E-state index in [1.165, 1.54) is 11.8 Å². The molecule has 0 spiro atoms. The van der Waals surface area contributed by atoms with E-state index in [1.807, 2.05) is 0 Å². The molecule has 18 heavy (non-hydrogen) atoms. The Morgan fingerprint density at radius 3 is 2.00 bits per heavy atom. The first-order valence-electron chi connectivity index (χ1n) is 6.56. The lowest BCUT2D eigenvalue weighted by atomic mass is 10.2. The average Bonchev–Trinajstić information content (AvgIpc) is 2.28. The summed E-state index contributed by atoms with van der Waals surface area (Å²) in [6.07, 6.45) is 4.44. The van der Waals surface area contributed by atoms with Gasteiger partial charge in [-0.1, -0.05) is 50.7 Å². The molecule has 0 bridgehead atoms. The van der Waals surface area contributed by atoms with Gasteiger partial charge in [-0.25, -0.2) is 0 Å². The Morgan fingerprint density at radius 1 is 1.22 bits per heavy atom. The molecule has 0 unspecified atom stereocenters. The summed E-state index contributed by atoms with van der Waals surface area (Å²) in [5, 5.41) is 9.13. The average molecular weight is 291 g/mol. The van der Waals surface area contributed by atoms with E-state index in [0.29, 0.717) is 4.32 Å². The van der Waals surface area contributed by atoms with E-state index in [9.17, 15) is 4.79 Å². The van der Waals surface area contributed by atoms with Gasteiger partial charge in [0.1, 0.15) is 9.07 Å². The number of thiocarbonyl (C=S) groups is 1. The molecule has 106 valence electrons. The third-order valence-corrected chi connectivity index (χ3v) is 4.30. The molecule has 0 amide bonds. The van der Waals surface area contributed by atoms with Crippen LogP contribution in [0.3, 0.4) is 0 Å². The van der Waals surface area contributed by atoms with Gasteiger partial charge in [-0.15, -0.1) is 0 Å². The first kappa shape index (κ1) is 17.7. The third kappa shape index (κ3) is 6.59. The maximum Gasteiger partial charge on any atom is 0.319 e. The largest absolute Gasteiger partial charge is 0.480 e. The molecule has 0 rings (SSSR count). The molecule has 0 fully saturated rings. The number of carboxylic acid groups (broad SMARTS) is 1. The second kappa shape index (κ2) is 8.75. The van der Waals surface area contributed by atoms with Crippen LogP contribution in [0.4, 0.5) is 0 Å². The lowest BCUT2D eigenvalue weighted by Gasteiger charge is -2.28. The maximum absolute atomic E-state index is 11.1. The van der Waals surface area contributed by atoms with Gasteiger partial charge in [-0.05, 0) is 26.7 Å². The molecular weight excluding hydrogens is 266 g/mol. The van der Waals surface area contributed by atoms with Crippen molar-refractivity contribution in [3.8, 4) is 0 Å². The molecule has 0 aromatic heterocycles. The first-order chi connectivity index (χ1) is 8.35. The highest BCUT2D eigenvalue weighted by Gasteiger charge is 2.31. The molecule has 5 heteroatoms. The van der Waals surface area contributed by atoms with Crippen molar-refractivity contribution in [2.24, 2.45) is 0 Å². The summed E-state index contributed by atoms with van der Waals surface area (Å²) in [7, 11) is 0. The van der Waals surface area contributed by atoms with Crippen molar-refractivity contribution in [2.45, 2.75) is 58.1 Å². The topological polar surface area (TPSA) is 40.5 Å². The number of thioether (sulfide) groups is 1. The van der Waals surface area contributed by atoms with Crippen LogP contribution in [-0.4, -0.2) is 38.1 Å². The summed E-state index contributed by atoms with van der Waals surface area (Å²) in [6.45, 7) is 9.55. The molecule has 0 aromatic carbocycles. The van der Waals surface area contributed by atoms with Gasteiger partial charge in [-0.2, -0.15) is 0 Å². The van der Waals surface area contributed by atoms with Gasteiger partial charge in [0.2, 0.25) is 0 Å². The zero-order chi connectivity index (χ0) is 14.2. The van der Waals surface area contributed by atoms with E-state index in [0.717, 1.165) is 38.8 Å². The number of unbranched alkanes of at least 4 members (excludes halogenated alkanes) is 2. The van der Waals surface area contributed by atoms with Gasteiger partial charge in [0.05, 0.1) is 0 Å². The molecular formula is C13H25NO2S2. The molecule has 0 saturated carbocycles. The van der Waals surface area contributed by atoms with E-state index < -0.39 is 10.7 Å². The van der Waals surface area contributed by atoms with Crippen molar-refractivity contribution < 1.29 is 9.90 Å². The summed E-state index contributed by atoms with van der Waals surface area (Å²) in [4.78, 5) is 13.3. The van der Waals surface area contributed by atoms with Gasteiger partial charge in [0, 0.05) is 13.1 Å². The summed E-state index contributed by atoms with van der Waals surface area (Å²) in [5.41, 5.74) is 0. The summed E-state index contributed by atoms with van der Waals surface area (Å²) < 4.78 is -0.141. The number of hydrogen-bond acceptors (Lipinski definition) is 3. The van der Waals surface area contributed by atoms with Crippen molar-refractivity contribution in [1.29, 1.82) is 0 Å². The van der Waals surface area contributed by atoms with Gasteiger partial charge >= 0.3 is 5.97 Å². The summed E-state index contributed by atoms with van der Waals surface area (Å²) in [5.74, 6) is -0.819. The van der Waals surface area contributed by atoms with Crippen molar-refractivity contribution in [3.05, 3.63) is 0 Å². The smallest absolute Gasteiger partial charge is 0.319 e. The third-order valence-electron chi connectivity index (χ3n) is 2.68. The number of nitrogens with zero attached hydrogens (tertiary/aromatic N) is 1. The Balaban J connectivity index is 4.49. The van der Waals surface area contributed by atoms with Crippen LogP contribution in [0.5, 0.6) is 0 Å². The number of aliphatic carboxylic acids is 1. The van der Waals surface area contributed by atoms with E-state index in [-0.39, 0.29) is 0 Å². The highest BCUT2D eigenvalue weighted by molar-refractivity contribution is 8.24. The van der Waals surface area contributed by atoms with Crippen molar-refractivity contribution >= 4 is 34.3 Å². The zero-order valence-electron chi connectivity index (χ0n) is 11.9. The Hall–Kier alpha value is -0.290. The summed E-state index contributed by atoms with van der Waals surface area (Å²) in [6, 6.07) is 0. The second-order valence-electron chi connectivity index (χ2n) is 4.88. The molecule has 0 radical (unpaired) electrons. The second-order valence-corrected chi connectivity index (χ2v) is 7.13. The molecule has 0 heterocycles. The Kier molecular flexibility index (Phi) is 8.61. The van der Waals surface area contributed by atoms with E-state index >= 15 is 0 Å². The number of hydrogen-bond donors (Lipinski definition) is 1. The molecule has 0 aliphatic rings. The monoisotopic (exact) mass is 291 g/mol. The highest BCUT2D eigenvalue weighted by Crippen LogP contribution is 2.28. The Bertz CT molecular complexity index is 272. The van der Waals surface area contributed by atoms with Gasteiger partial charge in [0.15, 0.2) is 0 Å². The van der Waals surface area contributed by atoms with Gasteiger partial charge in [0.25, 0.3) is 0 Å². The fourth-order valence-corrected chi connectivity index (χ4v) is 2.96. The highest BCUT2D eigenvalue weighted by atomic mass is 32.2. The van der Waals surface area contributed by atoms with Gasteiger partial charge in [-0.3, -0.25) is 4.79 Å². The van der Waals surface area contributed by atoms with Crippen LogP contribution in [0.1, 0.15) is 53.4 Å². The molecule has 0 aliphatic carbocycles. The lowest BCUT2D eigenvalue weighted by molar-refractivity contribution is -0.138. The van der Waals surface area contributed by atoms with Crippen LogP contribution in [0.25, 0.3) is 0 Å². The minimum absolute atomic E-state index is 0.712.